The Labute approximate surface area is 173 Å². The van der Waals surface area contributed by atoms with Crippen molar-refractivity contribution in [2.75, 3.05) is 29.9 Å². The molecule has 29 heavy (non-hydrogen) atoms. The molecule has 3 rings (SSSR count). The summed E-state index contributed by atoms with van der Waals surface area (Å²) in [5, 5.41) is 6.43. The summed E-state index contributed by atoms with van der Waals surface area (Å²) in [6.07, 6.45) is 8.60. The number of hydrogen-bond acceptors (Lipinski definition) is 4. The molecule has 1 aliphatic heterocycles. The fourth-order valence-electron chi connectivity index (χ4n) is 3.62. The van der Waals surface area contributed by atoms with Crippen LogP contribution >= 0.6 is 0 Å². The predicted octanol–water partition coefficient (Wildman–Crippen LogP) is 4.83. The maximum atomic E-state index is 11.8. The van der Waals surface area contributed by atoms with Gasteiger partial charge < -0.3 is 15.5 Å². The molecule has 0 spiro atoms. The van der Waals surface area contributed by atoms with Gasteiger partial charge in [-0.3, -0.25) is 4.79 Å². The average Bonchev–Trinajstić information content (AvgIpc) is 3.27. The van der Waals surface area contributed by atoms with E-state index in [0.29, 0.717) is 6.54 Å². The number of allylic oxidation sites excluding steroid dienone is 1. The molecule has 2 aromatic rings. The molecule has 0 aliphatic carbocycles. The van der Waals surface area contributed by atoms with E-state index in [2.05, 4.69) is 77.4 Å². The Kier molecular flexibility index (Phi) is 7.06. The number of pyridine rings is 1. The average molecular weight is 391 g/mol. The fraction of sp³-hybridized carbons (Fsp3) is 0.333. The van der Waals surface area contributed by atoms with Gasteiger partial charge in [-0.15, -0.1) is 0 Å². The molecule has 5 heteroatoms. The van der Waals surface area contributed by atoms with Crippen LogP contribution in [0.25, 0.3) is 5.57 Å². The lowest BCUT2D eigenvalue weighted by molar-refractivity contribution is -0.116. The first kappa shape index (κ1) is 20.6. The summed E-state index contributed by atoms with van der Waals surface area (Å²) >= 11 is 0. The second-order valence-electron chi connectivity index (χ2n) is 7.30. The molecule has 152 valence electrons. The van der Waals surface area contributed by atoms with Crippen molar-refractivity contribution in [1.29, 1.82) is 0 Å². The first-order chi connectivity index (χ1) is 14.1. The van der Waals surface area contributed by atoms with Gasteiger partial charge in [0.05, 0.1) is 0 Å². The number of anilines is 3. The number of amides is 1. The van der Waals surface area contributed by atoms with Gasteiger partial charge in [0.1, 0.15) is 5.82 Å². The third-order valence-corrected chi connectivity index (χ3v) is 5.10. The van der Waals surface area contributed by atoms with E-state index in [-0.39, 0.29) is 5.91 Å². The number of aromatic nitrogens is 1. The molecule has 5 nitrogen and oxygen atoms in total. The third kappa shape index (κ3) is 5.25. The fourth-order valence-corrected chi connectivity index (χ4v) is 3.62. The van der Waals surface area contributed by atoms with Crippen LogP contribution in [-0.4, -0.2) is 30.5 Å². The minimum Gasteiger partial charge on any atom is -0.371 e. The highest BCUT2D eigenvalue weighted by molar-refractivity contribution is 5.91. The van der Waals surface area contributed by atoms with Crippen LogP contribution in [0, 0.1) is 6.92 Å². The Morgan fingerprint density at radius 2 is 1.93 bits per heavy atom. The van der Waals surface area contributed by atoms with Crippen LogP contribution < -0.4 is 15.5 Å². The maximum Gasteiger partial charge on any atom is 0.243 e. The monoisotopic (exact) mass is 390 g/mol. The smallest absolute Gasteiger partial charge is 0.243 e. The van der Waals surface area contributed by atoms with Gasteiger partial charge in [0.15, 0.2) is 0 Å². The Hall–Kier alpha value is -3.08. The zero-order valence-corrected chi connectivity index (χ0v) is 17.4. The second-order valence-corrected chi connectivity index (χ2v) is 7.30. The molecule has 1 fully saturated rings. The number of aryl methyl sites for hydroxylation is 1. The van der Waals surface area contributed by atoms with Crippen molar-refractivity contribution in [3.8, 4) is 0 Å². The van der Waals surface area contributed by atoms with E-state index in [1.807, 2.05) is 6.20 Å². The molecule has 0 atom stereocenters. The summed E-state index contributed by atoms with van der Waals surface area (Å²) in [5.74, 6) is 0.637. The number of benzene rings is 1. The number of rotatable bonds is 8. The first-order valence-electron chi connectivity index (χ1n) is 10.3. The van der Waals surface area contributed by atoms with Gasteiger partial charge in [0.2, 0.25) is 5.91 Å². The Balaban J connectivity index is 2.03. The van der Waals surface area contributed by atoms with E-state index in [1.54, 1.807) is 0 Å². The number of carbonyl (C=O) groups is 1. The number of nitrogens with one attached hydrogen (secondary N) is 2. The van der Waals surface area contributed by atoms with E-state index in [4.69, 9.17) is 0 Å². The van der Waals surface area contributed by atoms with Crippen molar-refractivity contribution in [1.82, 2.24) is 10.3 Å². The van der Waals surface area contributed by atoms with Crippen molar-refractivity contribution in [2.45, 2.75) is 33.1 Å². The number of carbonyl (C=O) groups excluding carboxylic acids is 1. The molecule has 2 N–H and O–H groups in total. The van der Waals surface area contributed by atoms with Gasteiger partial charge in [-0.2, -0.15) is 0 Å². The Morgan fingerprint density at radius 3 is 2.59 bits per heavy atom. The van der Waals surface area contributed by atoms with Crippen LogP contribution in [0.2, 0.25) is 0 Å². The van der Waals surface area contributed by atoms with Crippen molar-refractivity contribution < 1.29 is 4.79 Å². The van der Waals surface area contributed by atoms with Gasteiger partial charge in [-0.25, -0.2) is 4.98 Å². The zero-order valence-electron chi connectivity index (χ0n) is 17.4. The van der Waals surface area contributed by atoms with Crippen molar-refractivity contribution in [3.63, 3.8) is 0 Å². The van der Waals surface area contributed by atoms with E-state index >= 15 is 0 Å². The molecule has 0 unspecified atom stereocenters. The van der Waals surface area contributed by atoms with E-state index in [1.165, 1.54) is 30.2 Å². The van der Waals surface area contributed by atoms with Gasteiger partial charge >= 0.3 is 0 Å². The summed E-state index contributed by atoms with van der Waals surface area (Å²) in [5.41, 5.74) is 5.50. The standard InChI is InChI=1S/C24H30N4O/c1-4-8-19(17-26-22(29)5-2)23-21(28-15-6-7-16-28)13-14-25-24(23)27-20-11-9-18(3)10-12-20/h5,8-14H,2,4,6-7,15-17H2,1,3H3,(H,25,27)(H,26,29)/b19-8+. The molecular weight excluding hydrogens is 360 g/mol. The number of nitrogens with zero attached hydrogens (tertiary/aromatic N) is 2. The molecule has 1 saturated heterocycles. The lowest BCUT2D eigenvalue weighted by Gasteiger charge is -2.25. The summed E-state index contributed by atoms with van der Waals surface area (Å²) < 4.78 is 0. The van der Waals surface area contributed by atoms with Gasteiger partial charge in [-0.1, -0.05) is 37.3 Å². The lowest BCUT2D eigenvalue weighted by atomic mass is 10.0. The largest absolute Gasteiger partial charge is 0.371 e. The lowest BCUT2D eigenvalue weighted by Crippen LogP contribution is -2.25. The highest BCUT2D eigenvalue weighted by Crippen LogP contribution is 2.35. The van der Waals surface area contributed by atoms with Crippen LogP contribution in [0.4, 0.5) is 17.2 Å². The zero-order chi connectivity index (χ0) is 20.6. The molecule has 1 aromatic heterocycles. The van der Waals surface area contributed by atoms with E-state index in [9.17, 15) is 4.79 Å². The van der Waals surface area contributed by atoms with E-state index in [0.717, 1.165) is 42.2 Å². The van der Waals surface area contributed by atoms with Crippen molar-refractivity contribution >= 4 is 28.7 Å². The Morgan fingerprint density at radius 1 is 1.21 bits per heavy atom. The maximum absolute atomic E-state index is 11.8. The van der Waals surface area contributed by atoms with Crippen LogP contribution in [-0.2, 0) is 4.79 Å². The van der Waals surface area contributed by atoms with Crippen LogP contribution in [0.15, 0.2) is 55.3 Å². The van der Waals surface area contributed by atoms with Crippen molar-refractivity contribution in [2.24, 2.45) is 0 Å². The summed E-state index contributed by atoms with van der Waals surface area (Å²) in [4.78, 5) is 18.9. The summed E-state index contributed by atoms with van der Waals surface area (Å²) in [6.45, 7) is 10.3. The van der Waals surface area contributed by atoms with Gasteiger partial charge in [-0.05, 0) is 56.0 Å². The Bertz CT molecular complexity index is 880. The SMILES string of the molecule is C=CC(=O)NC/C(=C\CC)c1c(N2CCCC2)ccnc1Nc1ccc(C)cc1. The quantitative estimate of drug-likeness (QED) is 0.634. The molecular formula is C24H30N4O. The van der Waals surface area contributed by atoms with Gasteiger partial charge in [0.25, 0.3) is 0 Å². The summed E-state index contributed by atoms with van der Waals surface area (Å²) in [7, 11) is 0. The number of hydrogen-bond donors (Lipinski definition) is 2. The molecule has 2 heterocycles. The minimum atomic E-state index is -0.174. The molecule has 0 radical (unpaired) electrons. The van der Waals surface area contributed by atoms with Crippen LogP contribution in [0.3, 0.4) is 0 Å². The highest BCUT2D eigenvalue weighted by atomic mass is 16.1. The molecule has 1 aromatic carbocycles. The third-order valence-electron chi connectivity index (χ3n) is 5.10. The highest BCUT2D eigenvalue weighted by Gasteiger charge is 2.21. The normalized spacial score (nSPS) is 14.0. The minimum absolute atomic E-state index is 0.174. The van der Waals surface area contributed by atoms with Crippen molar-refractivity contribution in [3.05, 3.63) is 66.4 Å². The molecule has 0 bridgehead atoms. The first-order valence-corrected chi connectivity index (χ1v) is 10.3. The van der Waals surface area contributed by atoms with Crippen LogP contribution in [0.1, 0.15) is 37.3 Å². The topological polar surface area (TPSA) is 57.3 Å². The molecule has 1 aliphatic rings. The second kappa shape index (κ2) is 9.92. The predicted molar refractivity (Wildman–Crippen MR) is 122 cm³/mol. The van der Waals surface area contributed by atoms with E-state index < -0.39 is 0 Å². The summed E-state index contributed by atoms with van der Waals surface area (Å²) in [6, 6.07) is 10.4. The van der Waals surface area contributed by atoms with Crippen LogP contribution in [0.5, 0.6) is 0 Å². The molecule has 1 amide bonds. The van der Waals surface area contributed by atoms with Gasteiger partial charge in [0, 0.05) is 42.8 Å². The molecule has 0 saturated carbocycles.